The van der Waals surface area contributed by atoms with Gasteiger partial charge < -0.3 is 19.5 Å². The third kappa shape index (κ3) is 4.70. The molecule has 0 atom stereocenters. The second-order valence-electron chi connectivity index (χ2n) is 4.94. The van der Waals surface area contributed by atoms with E-state index in [0.717, 1.165) is 17.1 Å². The van der Waals surface area contributed by atoms with Crippen molar-refractivity contribution < 1.29 is 19.4 Å². The number of amides is 1. The Hall–Kier alpha value is -2.69. The van der Waals surface area contributed by atoms with Crippen LogP contribution in [0.15, 0.2) is 48.5 Å². The molecule has 2 aromatic rings. The van der Waals surface area contributed by atoms with Gasteiger partial charge >= 0.3 is 6.09 Å². The van der Waals surface area contributed by atoms with E-state index in [9.17, 15) is 4.79 Å². The van der Waals surface area contributed by atoms with E-state index >= 15 is 0 Å². The summed E-state index contributed by atoms with van der Waals surface area (Å²) in [5.41, 5.74) is 1.14. The minimum atomic E-state index is -0.967. The summed E-state index contributed by atoms with van der Waals surface area (Å²) in [6.45, 7) is 2.63. The number of aryl methyl sites for hydroxylation is 1. The fourth-order valence-corrected chi connectivity index (χ4v) is 1.81. The van der Waals surface area contributed by atoms with Gasteiger partial charge in [0.1, 0.15) is 23.9 Å². The zero-order valence-corrected chi connectivity index (χ0v) is 12.7. The Morgan fingerprint density at radius 1 is 1.09 bits per heavy atom. The summed E-state index contributed by atoms with van der Waals surface area (Å²) in [5.74, 6) is 2.19. The van der Waals surface area contributed by atoms with E-state index in [4.69, 9.17) is 14.6 Å². The van der Waals surface area contributed by atoms with Crippen molar-refractivity contribution in [3.8, 4) is 17.2 Å². The van der Waals surface area contributed by atoms with Crippen molar-refractivity contribution in [2.75, 3.05) is 20.2 Å². The van der Waals surface area contributed by atoms with Crippen molar-refractivity contribution in [1.82, 2.24) is 4.90 Å². The molecule has 0 radical (unpaired) electrons. The third-order valence-corrected chi connectivity index (χ3v) is 3.07. The molecule has 0 aliphatic rings. The molecule has 0 bridgehead atoms. The Labute approximate surface area is 129 Å². The van der Waals surface area contributed by atoms with E-state index in [-0.39, 0.29) is 0 Å². The number of hydrogen-bond donors (Lipinski definition) is 1. The molecule has 0 spiro atoms. The average Bonchev–Trinajstić information content (AvgIpc) is 2.49. The number of carbonyl (C=O) groups is 1. The van der Waals surface area contributed by atoms with E-state index < -0.39 is 6.09 Å². The Morgan fingerprint density at radius 2 is 1.77 bits per heavy atom. The van der Waals surface area contributed by atoms with Crippen molar-refractivity contribution in [3.05, 3.63) is 54.1 Å². The van der Waals surface area contributed by atoms with Crippen molar-refractivity contribution in [3.63, 3.8) is 0 Å². The summed E-state index contributed by atoms with van der Waals surface area (Å²) >= 11 is 0. The van der Waals surface area contributed by atoms with Crippen molar-refractivity contribution in [2.45, 2.75) is 6.92 Å². The highest BCUT2D eigenvalue weighted by Crippen LogP contribution is 2.24. The Morgan fingerprint density at radius 3 is 2.41 bits per heavy atom. The van der Waals surface area contributed by atoms with Gasteiger partial charge in [-0.25, -0.2) is 4.79 Å². The molecule has 5 heteroatoms. The highest BCUT2D eigenvalue weighted by Gasteiger charge is 2.05. The maximum atomic E-state index is 10.6. The van der Waals surface area contributed by atoms with Crippen LogP contribution >= 0.6 is 0 Å². The number of ether oxygens (including phenoxy) is 2. The second kappa shape index (κ2) is 7.36. The molecule has 2 rings (SSSR count). The Kier molecular flexibility index (Phi) is 5.25. The summed E-state index contributed by atoms with van der Waals surface area (Å²) in [6, 6.07) is 15.1. The molecule has 2 aromatic carbocycles. The highest BCUT2D eigenvalue weighted by molar-refractivity contribution is 5.64. The molecule has 22 heavy (non-hydrogen) atoms. The van der Waals surface area contributed by atoms with Crippen molar-refractivity contribution >= 4 is 6.09 Å². The molecule has 5 nitrogen and oxygen atoms in total. The minimum Gasteiger partial charge on any atom is -0.492 e. The van der Waals surface area contributed by atoms with Gasteiger partial charge in [-0.2, -0.15) is 0 Å². The molecular formula is C17H19NO4. The lowest BCUT2D eigenvalue weighted by molar-refractivity contribution is 0.147. The number of hydrogen-bond acceptors (Lipinski definition) is 3. The monoisotopic (exact) mass is 301 g/mol. The van der Waals surface area contributed by atoms with Crippen LogP contribution in [0.5, 0.6) is 17.2 Å². The van der Waals surface area contributed by atoms with Gasteiger partial charge in [0.05, 0.1) is 6.54 Å². The molecule has 0 aliphatic heterocycles. The lowest BCUT2D eigenvalue weighted by Crippen LogP contribution is -2.29. The van der Waals surface area contributed by atoms with Gasteiger partial charge in [-0.15, -0.1) is 0 Å². The fourth-order valence-electron chi connectivity index (χ4n) is 1.81. The topological polar surface area (TPSA) is 59.0 Å². The predicted octanol–water partition coefficient (Wildman–Crippen LogP) is 3.78. The Balaban J connectivity index is 1.86. The van der Waals surface area contributed by atoms with Crippen molar-refractivity contribution in [1.29, 1.82) is 0 Å². The summed E-state index contributed by atoms with van der Waals surface area (Å²) in [5, 5.41) is 8.73. The van der Waals surface area contributed by atoms with Gasteiger partial charge in [0.15, 0.2) is 0 Å². The van der Waals surface area contributed by atoms with Gasteiger partial charge in [-0.3, -0.25) is 0 Å². The second-order valence-corrected chi connectivity index (χ2v) is 4.94. The van der Waals surface area contributed by atoms with Crippen LogP contribution in [0.25, 0.3) is 0 Å². The van der Waals surface area contributed by atoms with Crippen LogP contribution in [0.2, 0.25) is 0 Å². The third-order valence-electron chi connectivity index (χ3n) is 3.07. The van der Waals surface area contributed by atoms with E-state index in [1.54, 1.807) is 12.1 Å². The summed E-state index contributed by atoms with van der Waals surface area (Å²) in [7, 11) is 1.50. The number of nitrogens with zero attached hydrogens (tertiary/aromatic N) is 1. The van der Waals surface area contributed by atoms with Crippen LogP contribution in [-0.2, 0) is 0 Å². The zero-order valence-electron chi connectivity index (χ0n) is 12.7. The van der Waals surface area contributed by atoms with Gasteiger partial charge in [0.25, 0.3) is 0 Å². The molecule has 116 valence electrons. The van der Waals surface area contributed by atoms with Crippen LogP contribution in [0.4, 0.5) is 4.79 Å². The zero-order chi connectivity index (χ0) is 15.9. The normalized spacial score (nSPS) is 10.1. The lowest BCUT2D eigenvalue weighted by atomic mass is 10.2. The van der Waals surface area contributed by atoms with Gasteiger partial charge in [-0.05, 0) is 48.9 Å². The average molecular weight is 301 g/mol. The standard InChI is InChI=1S/C17H19NO4/c1-13-4-3-5-16(12-13)22-15-8-6-14(7-9-15)21-11-10-18(2)17(19)20/h3-9,12H,10-11H2,1-2H3,(H,19,20). The molecule has 1 amide bonds. The molecule has 0 fully saturated rings. The maximum Gasteiger partial charge on any atom is 0.407 e. The fraction of sp³-hybridized carbons (Fsp3) is 0.235. The lowest BCUT2D eigenvalue weighted by Gasteiger charge is -2.13. The van der Waals surface area contributed by atoms with Crippen LogP contribution in [0.3, 0.4) is 0 Å². The van der Waals surface area contributed by atoms with E-state index in [2.05, 4.69) is 0 Å². The first kappa shape index (κ1) is 15.7. The SMILES string of the molecule is Cc1cccc(Oc2ccc(OCCN(C)C(=O)O)cc2)c1. The molecular weight excluding hydrogens is 282 g/mol. The van der Waals surface area contributed by atoms with Crippen LogP contribution in [0, 0.1) is 6.92 Å². The summed E-state index contributed by atoms with van der Waals surface area (Å²) in [6.07, 6.45) is -0.967. The highest BCUT2D eigenvalue weighted by atomic mass is 16.5. The minimum absolute atomic E-state index is 0.306. The van der Waals surface area contributed by atoms with E-state index in [1.807, 2.05) is 43.3 Å². The van der Waals surface area contributed by atoms with Gasteiger partial charge in [0, 0.05) is 7.05 Å². The largest absolute Gasteiger partial charge is 0.492 e. The predicted molar refractivity (Wildman–Crippen MR) is 83.8 cm³/mol. The van der Waals surface area contributed by atoms with Crippen LogP contribution < -0.4 is 9.47 Å². The van der Waals surface area contributed by atoms with E-state index in [0.29, 0.717) is 18.9 Å². The van der Waals surface area contributed by atoms with Gasteiger partial charge in [0.2, 0.25) is 0 Å². The molecule has 0 unspecified atom stereocenters. The molecule has 0 saturated heterocycles. The number of rotatable bonds is 6. The molecule has 1 N–H and O–H groups in total. The molecule has 0 aliphatic carbocycles. The first-order valence-electron chi connectivity index (χ1n) is 6.96. The maximum absolute atomic E-state index is 10.6. The van der Waals surface area contributed by atoms with E-state index in [1.165, 1.54) is 11.9 Å². The molecule has 0 saturated carbocycles. The Bertz CT molecular complexity index is 625. The van der Waals surface area contributed by atoms with Crippen LogP contribution in [0.1, 0.15) is 5.56 Å². The number of carboxylic acid groups (broad SMARTS) is 1. The smallest absolute Gasteiger partial charge is 0.407 e. The summed E-state index contributed by atoms with van der Waals surface area (Å²) in [4.78, 5) is 11.8. The first-order chi connectivity index (χ1) is 10.5. The quantitative estimate of drug-likeness (QED) is 0.882. The van der Waals surface area contributed by atoms with Gasteiger partial charge in [-0.1, -0.05) is 12.1 Å². The van der Waals surface area contributed by atoms with Crippen molar-refractivity contribution in [2.24, 2.45) is 0 Å². The first-order valence-corrected chi connectivity index (χ1v) is 6.96. The molecule has 0 heterocycles. The number of benzene rings is 2. The molecule has 0 aromatic heterocycles. The number of likely N-dealkylation sites (N-methyl/N-ethyl adjacent to an activating group) is 1. The summed E-state index contributed by atoms with van der Waals surface area (Å²) < 4.78 is 11.2. The van der Waals surface area contributed by atoms with Crippen LogP contribution in [-0.4, -0.2) is 36.3 Å².